The van der Waals surface area contributed by atoms with Crippen LogP contribution < -0.4 is 4.74 Å². The van der Waals surface area contributed by atoms with Gasteiger partial charge in [-0.25, -0.2) is 9.37 Å². The molecule has 1 atom stereocenters. The van der Waals surface area contributed by atoms with E-state index in [2.05, 4.69) is 16.9 Å². The zero-order valence-electron chi connectivity index (χ0n) is 11.1. The molecule has 1 radical (unpaired) electrons. The van der Waals surface area contributed by atoms with Crippen LogP contribution in [0.4, 0.5) is 4.39 Å². The van der Waals surface area contributed by atoms with E-state index >= 15 is 0 Å². The van der Waals surface area contributed by atoms with E-state index in [4.69, 9.17) is 9.47 Å². The second-order valence-electron chi connectivity index (χ2n) is 4.56. The molecule has 2 rings (SSSR count). The minimum Gasteiger partial charge on any atom is -0.436 e. The Hall–Kier alpha value is -1.49. The highest BCUT2D eigenvalue weighted by atomic mass is 19.1. The molecule has 4 nitrogen and oxygen atoms in total. The molecule has 103 valence electrons. The summed E-state index contributed by atoms with van der Waals surface area (Å²) in [5.74, 6) is 0.182. The molecule has 0 bridgehead atoms. The van der Waals surface area contributed by atoms with Crippen molar-refractivity contribution in [1.29, 1.82) is 0 Å². The third-order valence-corrected chi connectivity index (χ3v) is 3.26. The van der Waals surface area contributed by atoms with Gasteiger partial charge in [0.15, 0.2) is 12.6 Å². The summed E-state index contributed by atoms with van der Waals surface area (Å²) in [4.78, 5) is 7.89. The molecule has 1 aromatic rings. The van der Waals surface area contributed by atoms with Gasteiger partial charge in [0.05, 0.1) is 6.20 Å². The molecule has 0 saturated heterocycles. The highest BCUT2D eigenvalue weighted by Crippen LogP contribution is 2.32. The fraction of sp³-hybridized carbons (Fsp3) is 0.500. The minimum atomic E-state index is -0.413. The van der Waals surface area contributed by atoms with Crippen LogP contribution >= 0.6 is 0 Å². The van der Waals surface area contributed by atoms with Crippen LogP contribution in [0.5, 0.6) is 6.01 Å². The Kier molecular flexibility index (Phi) is 4.85. The summed E-state index contributed by atoms with van der Waals surface area (Å²) in [5, 5.41) is 0. The first-order valence-electron chi connectivity index (χ1n) is 6.37. The Morgan fingerprint density at radius 1 is 1.53 bits per heavy atom. The number of halogens is 1. The van der Waals surface area contributed by atoms with Crippen LogP contribution in [0, 0.1) is 18.7 Å². The molecule has 19 heavy (non-hydrogen) atoms. The maximum atomic E-state index is 13.8. The quantitative estimate of drug-likeness (QED) is 0.768. The van der Waals surface area contributed by atoms with Crippen molar-refractivity contribution >= 4 is 5.57 Å². The van der Waals surface area contributed by atoms with Gasteiger partial charge in [-0.05, 0) is 30.8 Å². The minimum absolute atomic E-state index is 0.0493. The van der Waals surface area contributed by atoms with Crippen LogP contribution in [0.15, 0.2) is 12.3 Å². The smallest absolute Gasteiger partial charge is 0.319 e. The second kappa shape index (κ2) is 6.61. The Morgan fingerprint density at radius 2 is 2.37 bits per heavy atom. The first-order chi connectivity index (χ1) is 9.24. The van der Waals surface area contributed by atoms with Gasteiger partial charge in [-0.15, -0.1) is 0 Å². The summed E-state index contributed by atoms with van der Waals surface area (Å²) in [6.07, 6.45) is 6.87. The molecule has 0 N–H and O–H groups in total. The van der Waals surface area contributed by atoms with Crippen LogP contribution in [-0.4, -0.2) is 23.9 Å². The van der Waals surface area contributed by atoms with Gasteiger partial charge in [0, 0.05) is 7.11 Å². The van der Waals surface area contributed by atoms with Gasteiger partial charge >= 0.3 is 6.01 Å². The highest BCUT2D eigenvalue weighted by Gasteiger charge is 2.18. The van der Waals surface area contributed by atoms with E-state index in [1.54, 1.807) is 0 Å². The van der Waals surface area contributed by atoms with E-state index in [0.29, 0.717) is 11.6 Å². The molecule has 0 aromatic carbocycles. The van der Waals surface area contributed by atoms with E-state index in [1.807, 2.05) is 6.08 Å². The van der Waals surface area contributed by atoms with Gasteiger partial charge in [0.25, 0.3) is 0 Å². The lowest BCUT2D eigenvalue weighted by Gasteiger charge is -2.20. The van der Waals surface area contributed by atoms with Gasteiger partial charge in [0.1, 0.15) is 5.69 Å². The molecule has 0 aliphatic heterocycles. The number of aromatic nitrogens is 2. The lowest BCUT2D eigenvalue weighted by atomic mass is 9.87. The van der Waals surface area contributed by atoms with E-state index in [-0.39, 0.29) is 12.8 Å². The van der Waals surface area contributed by atoms with Crippen molar-refractivity contribution < 1.29 is 13.9 Å². The third kappa shape index (κ3) is 3.50. The molecule has 1 unspecified atom stereocenters. The van der Waals surface area contributed by atoms with Crippen LogP contribution in [0.2, 0.25) is 0 Å². The van der Waals surface area contributed by atoms with Crippen molar-refractivity contribution in [2.24, 2.45) is 5.92 Å². The van der Waals surface area contributed by atoms with Crippen molar-refractivity contribution in [3.63, 3.8) is 0 Å². The van der Waals surface area contributed by atoms with E-state index in [9.17, 15) is 4.39 Å². The Bertz CT molecular complexity index is 463. The highest BCUT2D eigenvalue weighted by molar-refractivity contribution is 5.63. The fourth-order valence-corrected chi connectivity index (χ4v) is 2.12. The molecule has 0 spiro atoms. The Morgan fingerprint density at radius 3 is 3.00 bits per heavy atom. The number of allylic oxidation sites excluding steroid dienone is 2. The zero-order chi connectivity index (χ0) is 13.7. The molecule has 0 saturated carbocycles. The SMILES string of the molecule is [CH2]CC1CC=C(c2nc(OCOC)ncc2F)CC1. The van der Waals surface area contributed by atoms with Crippen molar-refractivity contribution in [3.8, 4) is 6.01 Å². The molecular formula is C14H18FN2O2. The molecular weight excluding hydrogens is 247 g/mol. The lowest BCUT2D eigenvalue weighted by Crippen LogP contribution is -2.09. The third-order valence-electron chi connectivity index (χ3n) is 3.26. The number of methoxy groups -OCH3 is 1. The largest absolute Gasteiger partial charge is 0.436 e. The summed E-state index contributed by atoms with van der Waals surface area (Å²) in [6, 6.07) is 0.137. The predicted octanol–water partition coefficient (Wildman–Crippen LogP) is 3.01. The first kappa shape index (κ1) is 13.9. The number of rotatable bonds is 5. The second-order valence-corrected chi connectivity index (χ2v) is 4.56. The predicted molar refractivity (Wildman–Crippen MR) is 69.8 cm³/mol. The van der Waals surface area contributed by atoms with Crippen LogP contribution in [0.1, 0.15) is 31.4 Å². The van der Waals surface area contributed by atoms with Crippen molar-refractivity contribution in [2.45, 2.75) is 25.7 Å². The number of ether oxygens (including phenoxy) is 2. The maximum Gasteiger partial charge on any atom is 0.319 e. The number of nitrogens with zero attached hydrogens (tertiary/aromatic N) is 2. The van der Waals surface area contributed by atoms with E-state index in [0.717, 1.165) is 37.5 Å². The van der Waals surface area contributed by atoms with Gasteiger partial charge in [-0.3, -0.25) is 0 Å². The van der Waals surface area contributed by atoms with Crippen LogP contribution in [-0.2, 0) is 4.74 Å². The summed E-state index contributed by atoms with van der Waals surface area (Å²) in [6.45, 7) is 3.96. The van der Waals surface area contributed by atoms with Crippen molar-refractivity contribution in [2.75, 3.05) is 13.9 Å². The average molecular weight is 265 g/mol. The molecule has 1 aliphatic carbocycles. The van der Waals surface area contributed by atoms with E-state index < -0.39 is 5.82 Å². The Labute approximate surface area is 112 Å². The zero-order valence-corrected chi connectivity index (χ0v) is 11.1. The van der Waals surface area contributed by atoms with Gasteiger partial charge in [-0.1, -0.05) is 19.4 Å². The average Bonchev–Trinajstić information content (AvgIpc) is 2.46. The van der Waals surface area contributed by atoms with Gasteiger partial charge < -0.3 is 9.47 Å². The molecule has 1 aliphatic rings. The summed E-state index contributed by atoms with van der Waals surface area (Å²) < 4.78 is 23.7. The summed E-state index contributed by atoms with van der Waals surface area (Å²) in [7, 11) is 1.51. The molecule has 0 fully saturated rings. The monoisotopic (exact) mass is 265 g/mol. The first-order valence-corrected chi connectivity index (χ1v) is 6.37. The van der Waals surface area contributed by atoms with Crippen molar-refractivity contribution in [3.05, 3.63) is 30.7 Å². The molecule has 0 amide bonds. The molecule has 1 heterocycles. The van der Waals surface area contributed by atoms with Crippen LogP contribution in [0.3, 0.4) is 0 Å². The fourth-order valence-electron chi connectivity index (χ4n) is 2.12. The van der Waals surface area contributed by atoms with Crippen molar-refractivity contribution in [1.82, 2.24) is 9.97 Å². The van der Waals surface area contributed by atoms with Gasteiger partial charge in [0.2, 0.25) is 0 Å². The summed E-state index contributed by atoms with van der Waals surface area (Å²) in [5.41, 5.74) is 1.26. The van der Waals surface area contributed by atoms with Gasteiger partial charge in [-0.2, -0.15) is 4.98 Å². The number of hydrogen-bond donors (Lipinski definition) is 0. The lowest BCUT2D eigenvalue weighted by molar-refractivity contribution is 0.0440. The topological polar surface area (TPSA) is 44.2 Å². The summed E-state index contributed by atoms with van der Waals surface area (Å²) >= 11 is 0. The number of hydrogen-bond acceptors (Lipinski definition) is 4. The molecule has 1 aromatic heterocycles. The maximum absolute atomic E-state index is 13.8. The normalized spacial score (nSPS) is 19.1. The Balaban J connectivity index is 2.17. The molecule has 5 heteroatoms. The standard InChI is InChI=1S/C14H18FN2O2/c1-3-10-4-6-11(7-5-10)13-12(15)8-16-14(17-13)19-9-18-2/h6,8,10H,1,3-5,7,9H2,2H3. The van der Waals surface area contributed by atoms with Crippen LogP contribution in [0.25, 0.3) is 5.57 Å². The van der Waals surface area contributed by atoms with E-state index in [1.165, 1.54) is 7.11 Å².